The summed E-state index contributed by atoms with van der Waals surface area (Å²) >= 11 is 5.90. The van der Waals surface area contributed by atoms with Gasteiger partial charge in [-0.05, 0) is 42.9 Å². The van der Waals surface area contributed by atoms with Gasteiger partial charge in [0.25, 0.3) is 0 Å². The van der Waals surface area contributed by atoms with Gasteiger partial charge >= 0.3 is 0 Å². The van der Waals surface area contributed by atoms with Gasteiger partial charge in [-0.15, -0.1) is 11.6 Å². The zero-order valence-corrected chi connectivity index (χ0v) is 10.8. The zero-order chi connectivity index (χ0) is 11.5. The largest absolute Gasteiger partial charge is 0.359 e. The average Bonchev–Trinajstić information content (AvgIpc) is 3.12. The summed E-state index contributed by atoms with van der Waals surface area (Å²) in [7, 11) is 2.12. The summed E-state index contributed by atoms with van der Waals surface area (Å²) in [5.41, 5.74) is 2.31. The van der Waals surface area contributed by atoms with Gasteiger partial charge in [0.15, 0.2) is 0 Å². The van der Waals surface area contributed by atoms with Gasteiger partial charge in [0.05, 0.1) is 0 Å². The van der Waals surface area contributed by atoms with Crippen molar-refractivity contribution in [3.8, 4) is 0 Å². The number of nitrogens with zero attached hydrogens (tertiary/aromatic N) is 2. The van der Waals surface area contributed by atoms with Crippen LogP contribution in [0.15, 0.2) is 12.1 Å². The lowest BCUT2D eigenvalue weighted by Crippen LogP contribution is -2.21. The van der Waals surface area contributed by atoms with Gasteiger partial charge in [-0.1, -0.05) is 6.92 Å². The first-order valence-corrected chi connectivity index (χ1v) is 6.53. The second-order valence-electron chi connectivity index (χ2n) is 4.64. The lowest BCUT2D eigenvalue weighted by atomic mass is 10.2. The molecule has 0 spiro atoms. The number of alkyl halides is 1. The number of rotatable bonds is 5. The summed E-state index contributed by atoms with van der Waals surface area (Å²) in [4.78, 5) is 6.90. The molecular formula is C13H19ClN2. The number of aryl methyl sites for hydroxylation is 1. The van der Waals surface area contributed by atoms with Crippen molar-refractivity contribution in [1.29, 1.82) is 0 Å². The highest BCUT2D eigenvalue weighted by molar-refractivity contribution is 6.17. The van der Waals surface area contributed by atoms with Crippen molar-refractivity contribution in [2.24, 2.45) is 5.92 Å². The van der Waals surface area contributed by atoms with Crippen molar-refractivity contribution in [1.82, 2.24) is 4.98 Å². The fourth-order valence-corrected chi connectivity index (χ4v) is 2.02. The first-order chi connectivity index (χ1) is 7.72. The summed E-state index contributed by atoms with van der Waals surface area (Å²) in [6, 6.07) is 4.20. The van der Waals surface area contributed by atoms with Crippen molar-refractivity contribution < 1.29 is 0 Å². The summed E-state index contributed by atoms with van der Waals surface area (Å²) in [6.45, 7) is 3.26. The van der Waals surface area contributed by atoms with Crippen molar-refractivity contribution in [3.05, 3.63) is 23.4 Å². The molecule has 0 atom stereocenters. The number of hydrogen-bond donors (Lipinski definition) is 0. The van der Waals surface area contributed by atoms with Gasteiger partial charge in [0.2, 0.25) is 0 Å². The van der Waals surface area contributed by atoms with Gasteiger partial charge in [-0.3, -0.25) is 0 Å². The summed E-state index contributed by atoms with van der Waals surface area (Å²) in [5, 5.41) is 0. The standard InChI is InChI=1S/C13H19ClN2/c1-3-12-6-11(8-14)7-13(15-12)16(2)9-10-4-5-10/h6-7,10H,3-5,8-9H2,1-2H3. The van der Waals surface area contributed by atoms with E-state index in [1.54, 1.807) is 0 Å². The number of aromatic nitrogens is 1. The lowest BCUT2D eigenvalue weighted by molar-refractivity contribution is 0.773. The summed E-state index contributed by atoms with van der Waals surface area (Å²) in [5.74, 6) is 2.53. The smallest absolute Gasteiger partial charge is 0.128 e. The maximum Gasteiger partial charge on any atom is 0.128 e. The third-order valence-corrected chi connectivity index (χ3v) is 3.37. The van der Waals surface area contributed by atoms with Crippen LogP contribution >= 0.6 is 11.6 Å². The van der Waals surface area contributed by atoms with Crippen LogP contribution in [-0.4, -0.2) is 18.6 Å². The van der Waals surface area contributed by atoms with Gasteiger partial charge < -0.3 is 4.90 Å². The lowest BCUT2D eigenvalue weighted by Gasteiger charge is -2.19. The highest BCUT2D eigenvalue weighted by Crippen LogP contribution is 2.30. The maximum absolute atomic E-state index is 5.90. The Bertz CT molecular complexity index is 339. The van der Waals surface area contributed by atoms with E-state index in [1.165, 1.54) is 18.4 Å². The van der Waals surface area contributed by atoms with Gasteiger partial charge in [-0.25, -0.2) is 4.98 Å². The highest BCUT2D eigenvalue weighted by atomic mass is 35.5. The fourth-order valence-electron chi connectivity index (χ4n) is 1.87. The fraction of sp³-hybridized carbons (Fsp3) is 0.615. The number of halogens is 1. The quantitative estimate of drug-likeness (QED) is 0.733. The molecule has 0 radical (unpaired) electrons. The third-order valence-electron chi connectivity index (χ3n) is 3.06. The average molecular weight is 239 g/mol. The van der Waals surface area contributed by atoms with Crippen LogP contribution in [0.5, 0.6) is 0 Å². The first-order valence-electron chi connectivity index (χ1n) is 6.00. The van der Waals surface area contributed by atoms with Crippen molar-refractivity contribution in [2.75, 3.05) is 18.5 Å². The third kappa shape index (κ3) is 2.88. The Morgan fingerprint density at radius 3 is 2.75 bits per heavy atom. The van der Waals surface area contributed by atoms with Crippen molar-refractivity contribution in [3.63, 3.8) is 0 Å². The van der Waals surface area contributed by atoms with Crippen molar-refractivity contribution >= 4 is 17.4 Å². The molecule has 0 aromatic carbocycles. The Morgan fingerprint density at radius 1 is 1.44 bits per heavy atom. The molecule has 1 saturated carbocycles. The van der Waals surface area contributed by atoms with Crippen LogP contribution < -0.4 is 4.90 Å². The monoisotopic (exact) mass is 238 g/mol. The van der Waals surface area contributed by atoms with E-state index < -0.39 is 0 Å². The minimum absolute atomic E-state index is 0.569. The second kappa shape index (κ2) is 5.05. The molecule has 2 nitrogen and oxygen atoms in total. The second-order valence-corrected chi connectivity index (χ2v) is 4.90. The number of pyridine rings is 1. The van der Waals surface area contributed by atoms with Crippen LogP contribution in [0.2, 0.25) is 0 Å². The molecule has 0 aliphatic heterocycles. The molecular weight excluding hydrogens is 220 g/mol. The van der Waals surface area contributed by atoms with E-state index in [4.69, 9.17) is 11.6 Å². The molecule has 1 aromatic rings. The van der Waals surface area contributed by atoms with Crippen LogP contribution in [0.3, 0.4) is 0 Å². The summed E-state index contributed by atoms with van der Waals surface area (Å²) in [6.07, 6.45) is 3.72. The molecule has 1 heterocycles. The molecule has 16 heavy (non-hydrogen) atoms. The predicted octanol–water partition coefficient (Wildman–Crippen LogP) is 3.23. The van der Waals surface area contributed by atoms with Crippen LogP contribution in [0, 0.1) is 5.92 Å². The van der Waals surface area contributed by atoms with E-state index in [2.05, 4.69) is 36.0 Å². The van der Waals surface area contributed by atoms with Crippen molar-refractivity contribution in [2.45, 2.75) is 32.1 Å². The Labute approximate surface area is 103 Å². The van der Waals surface area contributed by atoms with E-state index in [9.17, 15) is 0 Å². The van der Waals surface area contributed by atoms with Crippen LogP contribution in [0.1, 0.15) is 31.0 Å². The van der Waals surface area contributed by atoms with Crippen LogP contribution in [0.4, 0.5) is 5.82 Å². The van der Waals surface area contributed by atoms with Gasteiger partial charge in [0.1, 0.15) is 5.82 Å². The minimum atomic E-state index is 0.569. The molecule has 1 aliphatic rings. The highest BCUT2D eigenvalue weighted by Gasteiger charge is 2.23. The van der Waals surface area contributed by atoms with Gasteiger partial charge in [0, 0.05) is 25.2 Å². The molecule has 0 N–H and O–H groups in total. The molecule has 0 unspecified atom stereocenters. The number of anilines is 1. The molecule has 3 heteroatoms. The molecule has 1 aromatic heterocycles. The molecule has 2 rings (SSSR count). The molecule has 1 fully saturated rings. The Balaban J connectivity index is 2.16. The molecule has 88 valence electrons. The van der Waals surface area contributed by atoms with E-state index in [0.29, 0.717) is 5.88 Å². The van der Waals surface area contributed by atoms with Crippen LogP contribution in [0.25, 0.3) is 0 Å². The predicted molar refractivity (Wildman–Crippen MR) is 69.2 cm³/mol. The first kappa shape index (κ1) is 11.7. The van der Waals surface area contributed by atoms with E-state index in [-0.39, 0.29) is 0 Å². The summed E-state index contributed by atoms with van der Waals surface area (Å²) < 4.78 is 0. The molecule has 0 saturated heterocycles. The van der Waals surface area contributed by atoms with E-state index >= 15 is 0 Å². The molecule has 0 bridgehead atoms. The van der Waals surface area contributed by atoms with Gasteiger partial charge in [-0.2, -0.15) is 0 Å². The maximum atomic E-state index is 5.90. The topological polar surface area (TPSA) is 16.1 Å². The zero-order valence-electron chi connectivity index (χ0n) is 10.0. The Morgan fingerprint density at radius 2 is 2.19 bits per heavy atom. The van der Waals surface area contributed by atoms with Crippen LogP contribution in [-0.2, 0) is 12.3 Å². The Hall–Kier alpha value is -0.760. The molecule has 1 aliphatic carbocycles. The SMILES string of the molecule is CCc1cc(CCl)cc(N(C)CC2CC2)n1. The van der Waals surface area contributed by atoms with E-state index in [0.717, 1.165) is 30.4 Å². The van der Waals surface area contributed by atoms with E-state index in [1.807, 2.05) is 0 Å². The minimum Gasteiger partial charge on any atom is -0.359 e. The molecule has 0 amide bonds. The number of hydrogen-bond acceptors (Lipinski definition) is 2. The Kier molecular flexibility index (Phi) is 3.70. The normalized spacial score (nSPS) is 15.2.